The summed E-state index contributed by atoms with van der Waals surface area (Å²) >= 11 is 0. The number of anilines is 1. The quantitative estimate of drug-likeness (QED) is 0.0540. The summed E-state index contributed by atoms with van der Waals surface area (Å²) in [6, 6.07) is 0.717. The third-order valence-electron chi connectivity index (χ3n) is 6.46. The number of aryl methyl sites for hydroxylation is 1. The number of rotatable bonds is 31. The molecule has 0 spiro atoms. The number of carbonyl (C=O) groups is 3. The molecule has 1 aromatic heterocycles. The molecule has 0 saturated heterocycles. The van der Waals surface area contributed by atoms with Crippen LogP contribution in [0.4, 0.5) is 15.5 Å². The Hall–Kier alpha value is -3.35. The highest BCUT2D eigenvalue weighted by atomic mass is 16.6. The van der Waals surface area contributed by atoms with E-state index in [0.717, 1.165) is 44.9 Å². The van der Waals surface area contributed by atoms with E-state index in [1.807, 2.05) is 0 Å². The van der Waals surface area contributed by atoms with Crippen LogP contribution in [0.1, 0.15) is 57.1 Å². The standard InChI is InChI=1S/C31H58N8O9/c1-26-25-28(41)38-29(37-26)39-31(43)36-13-7-3-2-6-11-34-30(42)35-12-8-4-5-9-27(40)33-14-16-45-18-20-47-22-24-48-23-21-46-19-17-44-15-10-32/h25H,2-24,32H2,1H3,(H,33,40)(H2,34,35,42)(H3,36,37,38,39,41,43). The SMILES string of the molecule is Cc1cc(=O)[nH]c(NC(=O)NCCCCCCNC(=O)NCCCCCC(=O)NCCOCCOCCOCCOCCOCCN)n1. The van der Waals surface area contributed by atoms with Gasteiger partial charge in [0.25, 0.3) is 5.56 Å². The molecule has 0 aliphatic carbocycles. The molecule has 0 atom stereocenters. The monoisotopic (exact) mass is 686 g/mol. The van der Waals surface area contributed by atoms with Gasteiger partial charge in [-0.1, -0.05) is 19.3 Å². The number of hydrogen-bond donors (Lipinski definition) is 7. The summed E-state index contributed by atoms with van der Waals surface area (Å²) in [5, 5.41) is 13.7. The molecule has 0 aromatic carbocycles. The maximum atomic E-state index is 12.0. The second kappa shape index (κ2) is 31.0. The first-order chi connectivity index (χ1) is 23.4. The second-order valence-corrected chi connectivity index (χ2v) is 10.7. The van der Waals surface area contributed by atoms with Gasteiger partial charge in [0, 0.05) is 50.9 Å². The lowest BCUT2D eigenvalue weighted by Gasteiger charge is -2.09. The molecule has 0 radical (unpaired) electrons. The van der Waals surface area contributed by atoms with Crippen LogP contribution in [0.5, 0.6) is 0 Å². The summed E-state index contributed by atoms with van der Waals surface area (Å²) in [6.07, 6.45) is 6.28. The average molecular weight is 687 g/mol. The van der Waals surface area contributed by atoms with Crippen LogP contribution in [-0.2, 0) is 28.5 Å². The summed E-state index contributed by atoms with van der Waals surface area (Å²) < 4.78 is 26.9. The Kier molecular flexibility index (Phi) is 27.5. The molecule has 0 bridgehead atoms. The molecule has 48 heavy (non-hydrogen) atoms. The van der Waals surface area contributed by atoms with Crippen LogP contribution in [0, 0.1) is 6.92 Å². The summed E-state index contributed by atoms with van der Waals surface area (Å²) in [4.78, 5) is 53.7. The first-order valence-electron chi connectivity index (χ1n) is 16.9. The lowest BCUT2D eigenvalue weighted by atomic mass is 10.2. The Morgan fingerprint density at radius 2 is 1.12 bits per heavy atom. The highest BCUT2D eigenvalue weighted by Gasteiger charge is 2.05. The summed E-state index contributed by atoms with van der Waals surface area (Å²) in [7, 11) is 0. The number of H-pyrrole nitrogens is 1. The second-order valence-electron chi connectivity index (χ2n) is 10.7. The number of ether oxygens (including phenoxy) is 5. The molecule has 0 fully saturated rings. The van der Waals surface area contributed by atoms with E-state index in [1.54, 1.807) is 6.92 Å². The predicted octanol–water partition coefficient (Wildman–Crippen LogP) is 0.778. The van der Waals surface area contributed by atoms with E-state index in [0.29, 0.717) is 111 Å². The number of aromatic amines is 1. The van der Waals surface area contributed by atoms with Gasteiger partial charge < -0.3 is 50.7 Å². The average Bonchev–Trinajstić information content (AvgIpc) is 3.04. The number of nitrogens with two attached hydrogens (primary N) is 1. The minimum Gasteiger partial charge on any atom is -0.378 e. The fourth-order valence-electron chi connectivity index (χ4n) is 4.07. The highest BCUT2D eigenvalue weighted by Crippen LogP contribution is 2.00. The van der Waals surface area contributed by atoms with E-state index in [1.165, 1.54) is 6.07 Å². The fourth-order valence-corrected chi connectivity index (χ4v) is 4.07. The number of nitrogens with one attached hydrogen (secondary N) is 6. The zero-order chi connectivity index (χ0) is 34.9. The number of urea groups is 2. The highest BCUT2D eigenvalue weighted by molar-refractivity contribution is 5.87. The number of unbranched alkanes of at least 4 members (excludes halogenated alkanes) is 5. The van der Waals surface area contributed by atoms with E-state index >= 15 is 0 Å². The van der Waals surface area contributed by atoms with Gasteiger partial charge in [0.1, 0.15) is 0 Å². The number of carbonyl (C=O) groups excluding carboxylic acids is 3. The molecule has 0 unspecified atom stereocenters. The molecule has 0 saturated carbocycles. The Morgan fingerprint density at radius 1 is 0.646 bits per heavy atom. The Balaban J connectivity index is 1.79. The van der Waals surface area contributed by atoms with Crippen molar-refractivity contribution in [2.75, 3.05) is 104 Å². The van der Waals surface area contributed by atoms with E-state index in [9.17, 15) is 19.2 Å². The molecule has 1 heterocycles. The molecular weight excluding hydrogens is 628 g/mol. The molecule has 0 aliphatic rings. The zero-order valence-corrected chi connectivity index (χ0v) is 28.5. The molecule has 17 heteroatoms. The summed E-state index contributed by atoms with van der Waals surface area (Å²) in [6.45, 7) is 9.14. The van der Waals surface area contributed by atoms with Crippen LogP contribution < -0.4 is 37.9 Å². The molecule has 5 amide bonds. The van der Waals surface area contributed by atoms with Gasteiger partial charge in [0.15, 0.2) is 0 Å². The number of nitrogens with zero attached hydrogens (tertiary/aromatic N) is 1. The first kappa shape index (κ1) is 42.7. The van der Waals surface area contributed by atoms with Crippen LogP contribution in [0.15, 0.2) is 10.9 Å². The van der Waals surface area contributed by atoms with E-state index in [2.05, 4.69) is 36.6 Å². The largest absolute Gasteiger partial charge is 0.378 e. The molecule has 1 rings (SSSR count). The predicted molar refractivity (Wildman–Crippen MR) is 181 cm³/mol. The molecule has 1 aromatic rings. The number of amides is 5. The maximum Gasteiger partial charge on any atom is 0.321 e. The van der Waals surface area contributed by atoms with Crippen LogP contribution in [-0.4, -0.2) is 127 Å². The van der Waals surface area contributed by atoms with Gasteiger partial charge in [-0.05, 0) is 32.6 Å². The Labute approximate surface area is 283 Å². The molecule has 17 nitrogen and oxygen atoms in total. The molecule has 276 valence electrons. The van der Waals surface area contributed by atoms with Crippen molar-refractivity contribution in [2.24, 2.45) is 5.73 Å². The van der Waals surface area contributed by atoms with E-state index in [-0.39, 0.29) is 23.4 Å². The number of hydrogen-bond acceptors (Lipinski definition) is 11. The van der Waals surface area contributed by atoms with Gasteiger partial charge in [0.2, 0.25) is 11.9 Å². The summed E-state index contributed by atoms with van der Waals surface area (Å²) in [5.74, 6) is 0.0982. The van der Waals surface area contributed by atoms with Gasteiger partial charge in [-0.3, -0.25) is 19.9 Å². The van der Waals surface area contributed by atoms with Crippen LogP contribution in [0.25, 0.3) is 0 Å². The van der Waals surface area contributed by atoms with Crippen LogP contribution in [0.2, 0.25) is 0 Å². The van der Waals surface area contributed by atoms with Crippen molar-refractivity contribution < 1.29 is 38.1 Å². The normalized spacial score (nSPS) is 10.9. The van der Waals surface area contributed by atoms with E-state index in [4.69, 9.17) is 29.4 Å². The van der Waals surface area contributed by atoms with Crippen molar-refractivity contribution >= 4 is 23.9 Å². The van der Waals surface area contributed by atoms with Crippen molar-refractivity contribution in [2.45, 2.75) is 58.3 Å². The van der Waals surface area contributed by atoms with Gasteiger partial charge in [-0.25, -0.2) is 14.6 Å². The molecular formula is C31H58N8O9. The van der Waals surface area contributed by atoms with Gasteiger partial charge >= 0.3 is 12.1 Å². The van der Waals surface area contributed by atoms with Crippen molar-refractivity contribution in [3.05, 3.63) is 22.1 Å². The lowest BCUT2D eigenvalue weighted by molar-refractivity contribution is -0.121. The lowest BCUT2D eigenvalue weighted by Crippen LogP contribution is -2.36. The molecule has 8 N–H and O–H groups in total. The van der Waals surface area contributed by atoms with Gasteiger partial charge in [-0.15, -0.1) is 0 Å². The fraction of sp³-hybridized carbons (Fsp3) is 0.774. The van der Waals surface area contributed by atoms with Crippen molar-refractivity contribution in [1.29, 1.82) is 0 Å². The Morgan fingerprint density at radius 3 is 1.65 bits per heavy atom. The van der Waals surface area contributed by atoms with Crippen molar-refractivity contribution in [3.8, 4) is 0 Å². The minimum absolute atomic E-state index is 0.0130. The number of aromatic nitrogens is 2. The smallest absolute Gasteiger partial charge is 0.321 e. The third-order valence-corrected chi connectivity index (χ3v) is 6.46. The molecule has 0 aliphatic heterocycles. The van der Waals surface area contributed by atoms with Crippen LogP contribution >= 0.6 is 0 Å². The van der Waals surface area contributed by atoms with Crippen molar-refractivity contribution in [1.82, 2.24) is 31.2 Å². The van der Waals surface area contributed by atoms with Crippen molar-refractivity contribution in [3.63, 3.8) is 0 Å². The van der Waals surface area contributed by atoms with E-state index < -0.39 is 6.03 Å². The van der Waals surface area contributed by atoms with Gasteiger partial charge in [0.05, 0.1) is 66.1 Å². The first-order valence-corrected chi connectivity index (χ1v) is 16.9. The maximum absolute atomic E-state index is 12.0. The van der Waals surface area contributed by atoms with Gasteiger partial charge in [-0.2, -0.15) is 0 Å². The summed E-state index contributed by atoms with van der Waals surface area (Å²) in [5.41, 5.74) is 5.52. The minimum atomic E-state index is -0.427. The zero-order valence-electron chi connectivity index (χ0n) is 28.5. The van der Waals surface area contributed by atoms with Crippen LogP contribution in [0.3, 0.4) is 0 Å². The topological polar surface area (TPSA) is 229 Å². The Bertz CT molecular complexity index is 1030. The third kappa shape index (κ3) is 27.7.